The lowest BCUT2D eigenvalue weighted by Crippen LogP contribution is -2.10. The zero-order chi connectivity index (χ0) is 28.3. The lowest BCUT2D eigenvalue weighted by Gasteiger charge is -2.26. The van der Waals surface area contributed by atoms with Crippen molar-refractivity contribution < 1.29 is 4.42 Å². The second kappa shape index (κ2) is 9.47. The number of benzene rings is 7. The molecular formula is C41H27NO. The van der Waals surface area contributed by atoms with E-state index in [1.807, 2.05) is 6.07 Å². The highest BCUT2D eigenvalue weighted by Crippen LogP contribution is 2.44. The summed E-state index contributed by atoms with van der Waals surface area (Å²) < 4.78 is 6.52. The minimum Gasteiger partial charge on any atom is -0.455 e. The minimum absolute atomic E-state index is 0.916. The average molecular weight is 550 g/mol. The number of para-hydroxylation sites is 2. The molecule has 1 aliphatic carbocycles. The van der Waals surface area contributed by atoms with Crippen LogP contribution in [-0.4, -0.2) is 0 Å². The van der Waals surface area contributed by atoms with Crippen molar-refractivity contribution in [3.63, 3.8) is 0 Å². The largest absolute Gasteiger partial charge is 0.455 e. The molecule has 0 N–H and O–H groups in total. The second-order valence-corrected chi connectivity index (χ2v) is 11.3. The van der Waals surface area contributed by atoms with Gasteiger partial charge in [0.05, 0.1) is 0 Å². The average Bonchev–Trinajstić information content (AvgIpc) is 3.62. The first kappa shape index (κ1) is 24.0. The van der Waals surface area contributed by atoms with Gasteiger partial charge >= 0.3 is 0 Å². The van der Waals surface area contributed by atoms with Crippen LogP contribution in [0.4, 0.5) is 17.1 Å². The summed E-state index contributed by atoms with van der Waals surface area (Å²) in [6.07, 6.45) is 0.968. The summed E-state index contributed by atoms with van der Waals surface area (Å²) >= 11 is 0. The summed E-state index contributed by atoms with van der Waals surface area (Å²) in [5.74, 6) is 0. The Morgan fingerprint density at radius 2 is 1.14 bits per heavy atom. The number of furan rings is 1. The molecule has 0 radical (unpaired) electrons. The first-order valence-electron chi connectivity index (χ1n) is 14.8. The minimum atomic E-state index is 0.916. The molecule has 9 rings (SSSR count). The summed E-state index contributed by atoms with van der Waals surface area (Å²) in [6, 6.07) is 54.4. The molecule has 2 nitrogen and oxygen atoms in total. The Balaban J connectivity index is 1.19. The highest BCUT2D eigenvalue weighted by molar-refractivity contribution is 6.18. The van der Waals surface area contributed by atoms with Crippen molar-refractivity contribution in [3.05, 3.63) is 163 Å². The topological polar surface area (TPSA) is 16.4 Å². The van der Waals surface area contributed by atoms with Gasteiger partial charge in [-0.1, -0.05) is 103 Å². The van der Waals surface area contributed by atoms with Crippen molar-refractivity contribution >= 4 is 49.8 Å². The molecule has 202 valence electrons. The molecule has 0 bridgehead atoms. The highest BCUT2D eigenvalue weighted by atomic mass is 16.3. The van der Waals surface area contributed by atoms with Gasteiger partial charge < -0.3 is 9.32 Å². The van der Waals surface area contributed by atoms with Crippen molar-refractivity contribution in [1.29, 1.82) is 0 Å². The Morgan fingerprint density at radius 3 is 2.02 bits per heavy atom. The molecule has 0 aliphatic heterocycles. The van der Waals surface area contributed by atoms with E-state index in [4.69, 9.17) is 4.42 Å². The van der Waals surface area contributed by atoms with Crippen LogP contribution in [0.3, 0.4) is 0 Å². The van der Waals surface area contributed by atoms with Crippen molar-refractivity contribution in [2.45, 2.75) is 6.42 Å². The summed E-state index contributed by atoms with van der Waals surface area (Å²) in [4.78, 5) is 2.35. The van der Waals surface area contributed by atoms with Crippen LogP contribution in [-0.2, 0) is 6.42 Å². The van der Waals surface area contributed by atoms with Crippen LogP contribution >= 0.6 is 0 Å². The number of fused-ring (bicyclic) bond motifs is 7. The number of hydrogen-bond donors (Lipinski definition) is 0. The van der Waals surface area contributed by atoms with Gasteiger partial charge in [0, 0.05) is 33.4 Å². The Morgan fingerprint density at radius 1 is 0.465 bits per heavy atom. The zero-order valence-corrected chi connectivity index (χ0v) is 23.5. The molecular weight excluding hydrogens is 522 g/mol. The normalized spacial score (nSPS) is 12.1. The van der Waals surface area contributed by atoms with Gasteiger partial charge in [-0.25, -0.2) is 0 Å². The fourth-order valence-electron chi connectivity index (χ4n) is 6.88. The van der Waals surface area contributed by atoms with Gasteiger partial charge in [-0.3, -0.25) is 0 Å². The first-order chi connectivity index (χ1) is 21.3. The van der Waals surface area contributed by atoms with E-state index < -0.39 is 0 Å². The molecule has 0 atom stereocenters. The van der Waals surface area contributed by atoms with Gasteiger partial charge in [0.1, 0.15) is 11.2 Å². The van der Waals surface area contributed by atoms with E-state index >= 15 is 0 Å². The van der Waals surface area contributed by atoms with E-state index in [2.05, 4.69) is 150 Å². The van der Waals surface area contributed by atoms with Gasteiger partial charge in [0.2, 0.25) is 0 Å². The van der Waals surface area contributed by atoms with Crippen LogP contribution in [0.5, 0.6) is 0 Å². The van der Waals surface area contributed by atoms with Gasteiger partial charge in [-0.2, -0.15) is 0 Å². The quantitative estimate of drug-likeness (QED) is 0.217. The van der Waals surface area contributed by atoms with Crippen molar-refractivity contribution in [1.82, 2.24) is 0 Å². The summed E-state index contributed by atoms with van der Waals surface area (Å²) in [5.41, 5.74) is 13.0. The molecule has 1 aliphatic rings. The molecule has 1 heterocycles. The van der Waals surface area contributed by atoms with E-state index in [1.165, 1.54) is 33.0 Å². The second-order valence-electron chi connectivity index (χ2n) is 11.3. The van der Waals surface area contributed by atoms with Gasteiger partial charge in [0.25, 0.3) is 0 Å². The monoisotopic (exact) mass is 549 g/mol. The molecule has 0 saturated carbocycles. The number of hydrogen-bond acceptors (Lipinski definition) is 2. The van der Waals surface area contributed by atoms with Crippen molar-refractivity contribution in [3.8, 4) is 22.3 Å². The molecule has 0 fully saturated rings. The molecule has 2 heteroatoms. The Kier molecular flexibility index (Phi) is 5.30. The van der Waals surface area contributed by atoms with Gasteiger partial charge in [0.15, 0.2) is 0 Å². The van der Waals surface area contributed by atoms with E-state index in [-0.39, 0.29) is 0 Å². The maximum Gasteiger partial charge on any atom is 0.143 e. The predicted octanol–water partition coefficient (Wildman–Crippen LogP) is 11.4. The highest BCUT2D eigenvalue weighted by Gasteiger charge is 2.21. The number of nitrogens with zero attached hydrogens (tertiary/aromatic N) is 1. The predicted molar refractivity (Wildman–Crippen MR) is 180 cm³/mol. The summed E-state index contributed by atoms with van der Waals surface area (Å²) in [7, 11) is 0. The number of anilines is 3. The van der Waals surface area contributed by atoms with Crippen LogP contribution in [0.2, 0.25) is 0 Å². The third-order valence-corrected chi connectivity index (χ3v) is 8.85. The maximum absolute atomic E-state index is 6.52. The third kappa shape index (κ3) is 3.80. The fourth-order valence-corrected chi connectivity index (χ4v) is 6.88. The molecule has 0 unspecified atom stereocenters. The molecule has 0 spiro atoms. The van der Waals surface area contributed by atoms with Crippen molar-refractivity contribution in [2.75, 3.05) is 4.90 Å². The molecule has 0 saturated heterocycles. The van der Waals surface area contributed by atoms with Crippen LogP contribution < -0.4 is 4.90 Å². The molecule has 1 aromatic heterocycles. The molecule has 43 heavy (non-hydrogen) atoms. The Bertz CT molecular complexity index is 2310. The van der Waals surface area contributed by atoms with Crippen LogP contribution in [0.1, 0.15) is 11.1 Å². The lowest BCUT2D eigenvalue weighted by molar-refractivity contribution is 0.670. The van der Waals surface area contributed by atoms with Crippen LogP contribution in [0.15, 0.2) is 156 Å². The van der Waals surface area contributed by atoms with Gasteiger partial charge in [-0.15, -0.1) is 0 Å². The van der Waals surface area contributed by atoms with Gasteiger partial charge in [-0.05, 0) is 93.5 Å². The Hall–Kier alpha value is -5.60. The molecule has 7 aromatic carbocycles. The standard InChI is InChI=1S/C41H27NO/c1-2-12-31(13-3-1)42(33-22-23-35-30(25-33)24-28-10-4-6-14-34(28)35)32-20-18-27(19-21-32)40-36-15-7-5-11-29(36)26-38-37-16-8-9-17-39(37)43-41(38)40/h1-23,25-26H,24H2. The molecule has 8 aromatic rings. The van der Waals surface area contributed by atoms with E-state index in [9.17, 15) is 0 Å². The van der Waals surface area contributed by atoms with Crippen LogP contribution in [0, 0.1) is 0 Å². The first-order valence-corrected chi connectivity index (χ1v) is 14.8. The molecule has 0 amide bonds. The smallest absolute Gasteiger partial charge is 0.143 e. The lowest BCUT2D eigenvalue weighted by atomic mass is 9.95. The Labute approximate surface area is 250 Å². The third-order valence-electron chi connectivity index (χ3n) is 8.85. The van der Waals surface area contributed by atoms with Crippen molar-refractivity contribution in [2.24, 2.45) is 0 Å². The summed E-state index contributed by atoms with van der Waals surface area (Å²) in [5, 5.41) is 4.71. The van der Waals surface area contributed by atoms with E-state index in [0.717, 1.165) is 56.5 Å². The van der Waals surface area contributed by atoms with Crippen LogP contribution in [0.25, 0.3) is 55.0 Å². The van der Waals surface area contributed by atoms with E-state index in [1.54, 1.807) is 0 Å². The zero-order valence-electron chi connectivity index (χ0n) is 23.5. The fraction of sp³-hybridized carbons (Fsp3) is 0.0244. The van der Waals surface area contributed by atoms with E-state index in [0.29, 0.717) is 0 Å². The number of rotatable bonds is 4. The SMILES string of the molecule is c1ccc(N(c2ccc(-c3c4ccccc4cc4c3oc3ccccc34)cc2)c2ccc3c(c2)Cc2ccccc2-3)cc1. The maximum atomic E-state index is 6.52. The summed E-state index contributed by atoms with van der Waals surface area (Å²) in [6.45, 7) is 0.